The van der Waals surface area contributed by atoms with Crippen molar-refractivity contribution < 1.29 is 0 Å². The van der Waals surface area contributed by atoms with E-state index in [9.17, 15) is 0 Å². The number of aliphatic imine (C=N–C) groups is 1. The molecule has 0 saturated carbocycles. The molecular weight excluding hydrogens is 258 g/mol. The Hall–Kier alpha value is -2.34. The number of nitrogens with zero attached hydrogens (tertiary/aromatic N) is 5. The Kier molecular flexibility index (Phi) is 2.28. The van der Waals surface area contributed by atoms with E-state index >= 15 is 0 Å². The van der Waals surface area contributed by atoms with Gasteiger partial charge in [0.05, 0.1) is 5.69 Å². The van der Waals surface area contributed by atoms with Crippen molar-refractivity contribution in [2.45, 2.75) is 10.1 Å². The molecule has 0 unspecified atom stereocenters. The topological polar surface area (TPSA) is 48.0 Å². The molecule has 3 heterocycles. The fourth-order valence-electron chi connectivity index (χ4n) is 1.97. The van der Waals surface area contributed by atoms with Crippen LogP contribution in [0.2, 0.25) is 0 Å². The average molecular weight is 267 g/mol. The number of hydrogen-bond acceptors (Lipinski definition) is 4. The van der Waals surface area contributed by atoms with Crippen LogP contribution in [0.4, 0.5) is 5.69 Å². The highest BCUT2D eigenvalue weighted by Gasteiger charge is 2.18. The predicted molar refractivity (Wildman–Crippen MR) is 72.9 cm³/mol. The Morgan fingerprint density at radius 3 is 2.89 bits per heavy atom. The van der Waals surface area contributed by atoms with Gasteiger partial charge in [-0.3, -0.25) is 9.13 Å². The number of para-hydroxylation sites is 1. The lowest BCUT2D eigenvalue weighted by molar-refractivity contribution is 0.891. The van der Waals surface area contributed by atoms with Gasteiger partial charge in [-0.05, 0) is 23.9 Å². The Morgan fingerprint density at radius 2 is 2.00 bits per heavy atom. The molecule has 2 aromatic heterocycles. The number of aromatic nitrogens is 4. The smallest absolute Gasteiger partial charge is 0.221 e. The number of benzene rings is 1. The molecule has 92 valence electrons. The maximum absolute atomic E-state index is 4.74. The van der Waals surface area contributed by atoms with Gasteiger partial charge in [-0.25, -0.2) is 15.0 Å². The van der Waals surface area contributed by atoms with Crippen molar-refractivity contribution in [3.63, 3.8) is 0 Å². The molecule has 0 bridgehead atoms. The minimum Gasteiger partial charge on any atom is -0.276 e. The summed E-state index contributed by atoms with van der Waals surface area (Å²) in [6.07, 6.45) is 9.04. The van der Waals surface area contributed by atoms with Gasteiger partial charge in [0.15, 0.2) is 5.16 Å². The van der Waals surface area contributed by atoms with Crippen LogP contribution in [0.5, 0.6) is 0 Å². The highest BCUT2D eigenvalue weighted by molar-refractivity contribution is 7.99. The zero-order valence-corrected chi connectivity index (χ0v) is 10.7. The van der Waals surface area contributed by atoms with E-state index in [0.717, 1.165) is 21.7 Å². The molecule has 0 spiro atoms. The second-order valence-corrected chi connectivity index (χ2v) is 5.04. The quantitative estimate of drug-likeness (QED) is 0.492. The van der Waals surface area contributed by atoms with Crippen molar-refractivity contribution >= 4 is 23.4 Å². The number of fused-ring (bicyclic) bond motifs is 2. The van der Waals surface area contributed by atoms with Crippen LogP contribution in [0, 0.1) is 0 Å². The van der Waals surface area contributed by atoms with Crippen molar-refractivity contribution in [1.29, 1.82) is 0 Å². The van der Waals surface area contributed by atoms with E-state index in [1.807, 2.05) is 39.7 Å². The first kappa shape index (κ1) is 10.6. The Morgan fingerprint density at radius 1 is 1.05 bits per heavy atom. The Bertz CT molecular complexity index is 757. The molecule has 0 fully saturated rings. The van der Waals surface area contributed by atoms with Crippen molar-refractivity contribution in [2.24, 2.45) is 4.99 Å². The lowest BCUT2D eigenvalue weighted by Crippen LogP contribution is -2.19. The molecule has 19 heavy (non-hydrogen) atoms. The lowest BCUT2D eigenvalue weighted by Gasteiger charge is -2.07. The zero-order chi connectivity index (χ0) is 12.7. The fourth-order valence-corrected chi connectivity index (χ4v) is 2.89. The summed E-state index contributed by atoms with van der Waals surface area (Å²) in [6.45, 7) is 0. The van der Waals surface area contributed by atoms with Gasteiger partial charge in [-0.1, -0.05) is 12.1 Å². The first-order valence-electron chi connectivity index (χ1n) is 5.79. The van der Waals surface area contributed by atoms with Crippen LogP contribution < -0.4 is 0 Å². The van der Waals surface area contributed by atoms with Gasteiger partial charge in [-0.2, -0.15) is 0 Å². The minimum absolute atomic E-state index is 0.780. The summed E-state index contributed by atoms with van der Waals surface area (Å²) in [5, 5.41) is 0.900. The first-order valence-corrected chi connectivity index (χ1v) is 6.61. The van der Waals surface area contributed by atoms with Gasteiger partial charge >= 0.3 is 0 Å². The summed E-state index contributed by atoms with van der Waals surface area (Å²) in [6, 6.07) is 8.06. The summed E-state index contributed by atoms with van der Waals surface area (Å²) in [5.41, 5.74) is 0.946. The van der Waals surface area contributed by atoms with E-state index in [1.165, 1.54) is 0 Å². The maximum Gasteiger partial charge on any atom is 0.221 e. The normalized spacial score (nSPS) is 13.4. The molecular formula is C13H9N5S. The van der Waals surface area contributed by atoms with Crippen LogP contribution in [0.3, 0.4) is 0 Å². The molecule has 1 aromatic carbocycles. The van der Waals surface area contributed by atoms with Crippen LogP contribution in [0.1, 0.15) is 0 Å². The molecule has 0 amide bonds. The standard InChI is InChI=1S/C13H9N5S/c1-2-4-11-10(3-1)16-12(17-7-5-14-9-17)18-8-6-15-13(18)19-11/h1-9H. The second kappa shape index (κ2) is 4.10. The second-order valence-electron chi connectivity index (χ2n) is 4.03. The molecule has 0 aliphatic carbocycles. The molecule has 1 aliphatic rings. The third-order valence-electron chi connectivity index (χ3n) is 2.84. The summed E-state index contributed by atoms with van der Waals surface area (Å²) in [5.74, 6) is 0.780. The molecule has 0 saturated heterocycles. The third kappa shape index (κ3) is 1.68. The van der Waals surface area contributed by atoms with E-state index in [-0.39, 0.29) is 0 Å². The molecule has 3 aromatic rings. The lowest BCUT2D eigenvalue weighted by atomic mass is 10.3. The molecule has 0 N–H and O–H groups in total. The van der Waals surface area contributed by atoms with Crippen molar-refractivity contribution in [1.82, 2.24) is 19.1 Å². The summed E-state index contributed by atoms with van der Waals surface area (Å²) < 4.78 is 3.85. The summed E-state index contributed by atoms with van der Waals surface area (Å²) in [7, 11) is 0. The zero-order valence-electron chi connectivity index (χ0n) is 9.84. The molecule has 4 rings (SSSR count). The van der Waals surface area contributed by atoms with E-state index in [0.29, 0.717) is 0 Å². The van der Waals surface area contributed by atoms with Gasteiger partial charge in [0.25, 0.3) is 0 Å². The Labute approximate surface area is 113 Å². The predicted octanol–water partition coefficient (Wildman–Crippen LogP) is 2.63. The summed E-state index contributed by atoms with van der Waals surface area (Å²) >= 11 is 1.61. The largest absolute Gasteiger partial charge is 0.276 e. The van der Waals surface area contributed by atoms with Crippen LogP contribution in [0.15, 0.2) is 70.4 Å². The van der Waals surface area contributed by atoms with E-state index in [1.54, 1.807) is 30.5 Å². The van der Waals surface area contributed by atoms with E-state index in [2.05, 4.69) is 16.0 Å². The monoisotopic (exact) mass is 267 g/mol. The average Bonchev–Trinajstić information content (AvgIpc) is 3.08. The first-order chi connectivity index (χ1) is 9.42. The molecule has 5 nitrogen and oxygen atoms in total. The number of hydrogen-bond donors (Lipinski definition) is 0. The van der Waals surface area contributed by atoms with Crippen LogP contribution in [-0.4, -0.2) is 25.1 Å². The van der Waals surface area contributed by atoms with Gasteiger partial charge in [0.1, 0.15) is 6.33 Å². The Balaban J connectivity index is 2.00. The van der Waals surface area contributed by atoms with Crippen LogP contribution in [0.25, 0.3) is 0 Å². The number of rotatable bonds is 0. The molecule has 6 heteroatoms. The highest BCUT2D eigenvalue weighted by Crippen LogP contribution is 2.36. The van der Waals surface area contributed by atoms with Crippen molar-refractivity contribution in [3.8, 4) is 0 Å². The van der Waals surface area contributed by atoms with Crippen LogP contribution >= 0.6 is 11.8 Å². The highest BCUT2D eigenvalue weighted by atomic mass is 32.2. The number of imidazole rings is 2. The van der Waals surface area contributed by atoms with Gasteiger partial charge in [0.2, 0.25) is 5.96 Å². The summed E-state index contributed by atoms with van der Waals surface area (Å²) in [4.78, 5) is 14.3. The fraction of sp³-hybridized carbons (Fsp3) is 0. The molecule has 0 atom stereocenters. The van der Waals surface area contributed by atoms with Gasteiger partial charge in [-0.15, -0.1) is 0 Å². The van der Waals surface area contributed by atoms with Crippen molar-refractivity contribution in [3.05, 3.63) is 55.4 Å². The molecule has 1 aliphatic heterocycles. The van der Waals surface area contributed by atoms with Gasteiger partial charge < -0.3 is 0 Å². The van der Waals surface area contributed by atoms with Crippen molar-refractivity contribution in [2.75, 3.05) is 0 Å². The van der Waals surface area contributed by atoms with Crippen LogP contribution in [-0.2, 0) is 0 Å². The third-order valence-corrected chi connectivity index (χ3v) is 3.89. The minimum atomic E-state index is 0.780. The SMILES string of the molecule is c1ccc2c(c1)N=C(n1ccnc1)n1ccnc1S2. The van der Waals surface area contributed by atoms with Gasteiger partial charge in [0, 0.05) is 29.7 Å². The molecule has 0 radical (unpaired) electrons. The van der Waals surface area contributed by atoms with E-state index < -0.39 is 0 Å². The van der Waals surface area contributed by atoms with E-state index in [4.69, 9.17) is 4.99 Å². The maximum atomic E-state index is 4.74.